The van der Waals surface area contributed by atoms with Gasteiger partial charge in [0.05, 0.1) is 0 Å². The number of ether oxygens (including phenoxy) is 1. The van der Waals surface area contributed by atoms with E-state index in [0.29, 0.717) is 12.0 Å². The second-order valence-electron chi connectivity index (χ2n) is 5.02. The van der Waals surface area contributed by atoms with Gasteiger partial charge in [0.15, 0.2) is 12.4 Å². The summed E-state index contributed by atoms with van der Waals surface area (Å²) in [6, 6.07) is 1.41. The molecule has 112 valence electrons. The average molecular weight is 292 g/mol. The fourth-order valence-corrected chi connectivity index (χ4v) is 2.18. The van der Waals surface area contributed by atoms with E-state index >= 15 is 0 Å². The number of carbonyl (C=O) groups excluding carboxylic acids is 2. The van der Waals surface area contributed by atoms with Crippen molar-refractivity contribution in [3.8, 4) is 11.5 Å². The van der Waals surface area contributed by atoms with Crippen molar-refractivity contribution in [2.75, 3.05) is 13.2 Å². The van der Waals surface area contributed by atoms with Gasteiger partial charge in [-0.3, -0.25) is 14.8 Å². The summed E-state index contributed by atoms with van der Waals surface area (Å²) < 4.78 is 5.16. The smallest absolute Gasteiger partial charge is 0.207 e. The molecule has 1 aliphatic rings. The molecule has 0 aliphatic carbocycles. The topological polar surface area (TPSA) is 93.1 Å². The first kappa shape index (κ1) is 15.2. The highest BCUT2D eigenvalue weighted by Crippen LogP contribution is 2.38. The lowest BCUT2D eigenvalue weighted by molar-refractivity contribution is -0.230. The molecular weight excluding hydrogens is 276 g/mol. The molecule has 0 spiro atoms. The molecule has 6 heteroatoms. The Labute approximate surface area is 121 Å². The van der Waals surface area contributed by atoms with Crippen molar-refractivity contribution in [1.29, 1.82) is 0 Å². The van der Waals surface area contributed by atoms with Gasteiger partial charge in [-0.15, -0.1) is 0 Å². The van der Waals surface area contributed by atoms with E-state index < -0.39 is 12.4 Å². The molecule has 1 heterocycles. The van der Waals surface area contributed by atoms with Crippen molar-refractivity contribution in [1.82, 2.24) is 0 Å². The second kappa shape index (κ2) is 6.07. The van der Waals surface area contributed by atoms with E-state index in [1.165, 1.54) is 6.07 Å². The van der Waals surface area contributed by atoms with Crippen LogP contribution >= 0.6 is 0 Å². The van der Waals surface area contributed by atoms with Crippen LogP contribution in [0.15, 0.2) is 17.7 Å². The molecular formula is C15H16O6. The van der Waals surface area contributed by atoms with Gasteiger partial charge in [0.1, 0.15) is 23.7 Å². The number of aromatic hydroxyl groups is 1. The fraction of sp³-hybridized carbons (Fsp3) is 0.333. The number of hydrogen-bond donors (Lipinski definition) is 2. The van der Waals surface area contributed by atoms with Crippen LogP contribution in [-0.2, 0) is 11.3 Å². The van der Waals surface area contributed by atoms with Gasteiger partial charge < -0.3 is 9.84 Å². The molecule has 0 fully saturated rings. The maximum atomic E-state index is 12.0. The van der Waals surface area contributed by atoms with Crippen molar-refractivity contribution < 1.29 is 29.6 Å². The SMILES string of the molecule is CC(C)=CCc1c(C(=O)COO)cc2c(c1O)C(=O)CO2. The van der Waals surface area contributed by atoms with E-state index in [4.69, 9.17) is 9.99 Å². The van der Waals surface area contributed by atoms with Gasteiger partial charge in [0.2, 0.25) is 5.78 Å². The molecule has 1 aromatic carbocycles. The van der Waals surface area contributed by atoms with Gasteiger partial charge in [-0.25, -0.2) is 4.89 Å². The molecule has 0 amide bonds. The maximum Gasteiger partial charge on any atom is 0.207 e. The zero-order chi connectivity index (χ0) is 15.6. The van der Waals surface area contributed by atoms with Gasteiger partial charge in [-0.2, -0.15) is 0 Å². The van der Waals surface area contributed by atoms with Crippen LogP contribution in [0.2, 0.25) is 0 Å². The normalized spacial score (nSPS) is 12.8. The standard InChI is InChI=1S/C15H16O6/c1-8(2)3-4-9-10(11(16)7-21-19)5-13-14(15(9)18)12(17)6-20-13/h3,5,18-19H,4,6-7H2,1-2H3. The third kappa shape index (κ3) is 2.96. The molecule has 0 saturated carbocycles. The number of carbonyl (C=O) groups is 2. The van der Waals surface area contributed by atoms with Crippen LogP contribution in [0.25, 0.3) is 0 Å². The Balaban J connectivity index is 2.57. The summed E-state index contributed by atoms with van der Waals surface area (Å²) in [5.41, 5.74) is 1.62. The van der Waals surface area contributed by atoms with Crippen molar-refractivity contribution in [2.45, 2.75) is 20.3 Å². The highest BCUT2D eigenvalue weighted by Gasteiger charge is 2.30. The van der Waals surface area contributed by atoms with E-state index in [-0.39, 0.29) is 35.0 Å². The lowest BCUT2D eigenvalue weighted by Gasteiger charge is -2.12. The van der Waals surface area contributed by atoms with E-state index in [1.807, 2.05) is 19.9 Å². The molecule has 0 aromatic heterocycles. The molecule has 0 atom stereocenters. The Bertz CT molecular complexity index is 626. The number of benzene rings is 1. The number of allylic oxidation sites excluding steroid dienone is 2. The Hall–Kier alpha value is -2.18. The number of fused-ring (bicyclic) bond motifs is 1. The predicted octanol–water partition coefficient (Wildman–Crippen LogP) is 2.15. The van der Waals surface area contributed by atoms with Gasteiger partial charge in [-0.1, -0.05) is 11.6 Å². The maximum absolute atomic E-state index is 12.0. The van der Waals surface area contributed by atoms with Crippen molar-refractivity contribution in [3.63, 3.8) is 0 Å². The third-order valence-corrected chi connectivity index (χ3v) is 3.22. The minimum absolute atomic E-state index is 0.105. The number of phenols is 1. The average Bonchev–Trinajstić information content (AvgIpc) is 2.79. The van der Waals surface area contributed by atoms with Gasteiger partial charge in [-0.05, 0) is 26.3 Å². The van der Waals surface area contributed by atoms with Crippen molar-refractivity contribution >= 4 is 11.6 Å². The first-order chi connectivity index (χ1) is 9.95. The number of Topliss-reactive ketones (excluding diaryl/α,β-unsaturated/α-hetero) is 2. The number of hydrogen-bond acceptors (Lipinski definition) is 6. The Kier molecular flexibility index (Phi) is 4.40. The van der Waals surface area contributed by atoms with E-state index in [2.05, 4.69) is 4.89 Å². The quantitative estimate of drug-likeness (QED) is 0.374. The summed E-state index contributed by atoms with van der Waals surface area (Å²) in [6.45, 7) is 3.08. The van der Waals surface area contributed by atoms with Crippen LogP contribution in [0.3, 0.4) is 0 Å². The van der Waals surface area contributed by atoms with Crippen LogP contribution in [-0.4, -0.2) is 35.1 Å². The number of phenolic OH excluding ortho intramolecular Hbond substituents is 1. The van der Waals surface area contributed by atoms with Crippen LogP contribution in [0.1, 0.15) is 40.1 Å². The predicted molar refractivity (Wildman–Crippen MR) is 74.0 cm³/mol. The molecule has 2 N–H and O–H groups in total. The fourth-order valence-electron chi connectivity index (χ4n) is 2.18. The summed E-state index contributed by atoms with van der Waals surface area (Å²) in [4.78, 5) is 27.6. The number of ketones is 2. The molecule has 1 aromatic rings. The molecule has 0 bridgehead atoms. The molecule has 21 heavy (non-hydrogen) atoms. The Morgan fingerprint density at radius 2 is 2.19 bits per heavy atom. The summed E-state index contributed by atoms with van der Waals surface area (Å²) >= 11 is 0. The van der Waals surface area contributed by atoms with E-state index in [1.54, 1.807) is 0 Å². The van der Waals surface area contributed by atoms with Crippen molar-refractivity contribution in [3.05, 3.63) is 34.4 Å². The lowest BCUT2D eigenvalue weighted by Crippen LogP contribution is -2.11. The highest BCUT2D eigenvalue weighted by atomic mass is 17.1. The largest absolute Gasteiger partial charge is 0.507 e. The zero-order valence-corrected chi connectivity index (χ0v) is 11.8. The van der Waals surface area contributed by atoms with Crippen LogP contribution in [0.4, 0.5) is 0 Å². The van der Waals surface area contributed by atoms with Gasteiger partial charge in [0.25, 0.3) is 0 Å². The van der Waals surface area contributed by atoms with E-state index in [0.717, 1.165) is 5.57 Å². The lowest BCUT2D eigenvalue weighted by atomic mass is 9.94. The number of rotatable bonds is 5. The molecule has 0 radical (unpaired) electrons. The monoisotopic (exact) mass is 292 g/mol. The molecule has 0 saturated heterocycles. The molecule has 1 aliphatic heterocycles. The summed E-state index contributed by atoms with van der Waals surface area (Å²) in [5, 5.41) is 18.7. The summed E-state index contributed by atoms with van der Waals surface area (Å²) in [6.07, 6.45) is 2.12. The van der Waals surface area contributed by atoms with Gasteiger partial charge in [0, 0.05) is 11.1 Å². The van der Waals surface area contributed by atoms with Crippen LogP contribution in [0, 0.1) is 0 Å². The minimum atomic E-state index is -0.534. The summed E-state index contributed by atoms with van der Waals surface area (Å²) in [5.74, 6) is -0.886. The van der Waals surface area contributed by atoms with Gasteiger partial charge >= 0.3 is 0 Å². The summed E-state index contributed by atoms with van der Waals surface area (Å²) in [7, 11) is 0. The first-order valence-electron chi connectivity index (χ1n) is 6.43. The van der Waals surface area contributed by atoms with Crippen LogP contribution in [0.5, 0.6) is 11.5 Å². The molecule has 2 rings (SSSR count). The highest BCUT2D eigenvalue weighted by molar-refractivity contribution is 6.08. The third-order valence-electron chi connectivity index (χ3n) is 3.22. The zero-order valence-electron chi connectivity index (χ0n) is 11.8. The first-order valence-corrected chi connectivity index (χ1v) is 6.43. The molecule has 6 nitrogen and oxygen atoms in total. The Morgan fingerprint density at radius 3 is 2.81 bits per heavy atom. The second-order valence-corrected chi connectivity index (χ2v) is 5.02. The van der Waals surface area contributed by atoms with Crippen molar-refractivity contribution in [2.24, 2.45) is 0 Å². The molecule has 0 unspecified atom stereocenters. The Morgan fingerprint density at radius 1 is 1.48 bits per heavy atom. The van der Waals surface area contributed by atoms with Crippen LogP contribution < -0.4 is 4.74 Å². The van der Waals surface area contributed by atoms with E-state index in [9.17, 15) is 14.7 Å². The minimum Gasteiger partial charge on any atom is -0.507 e.